The fraction of sp³-hybridized carbons (Fsp3) is 0.0769. The Labute approximate surface area is 104 Å². The Kier molecular flexibility index (Phi) is 3.11. The van der Waals surface area contributed by atoms with Gasteiger partial charge in [0, 0.05) is 11.8 Å². The fourth-order valence-electron chi connectivity index (χ4n) is 1.49. The number of aromatic carboxylic acids is 1. The predicted molar refractivity (Wildman–Crippen MR) is 66.4 cm³/mol. The molecule has 2 aromatic rings. The second-order valence-corrected chi connectivity index (χ2v) is 4.13. The van der Waals surface area contributed by atoms with Crippen LogP contribution in [-0.4, -0.2) is 16.1 Å². The standard InChI is InChI=1S/C13H10ClNO2/c1-8-2-5-12(15-7-8)9-3-4-11(14)10(6-9)13(16)17/h2-7H,1H3,(H,16,17). The summed E-state index contributed by atoms with van der Waals surface area (Å²) in [5, 5.41) is 9.21. The molecule has 1 aromatic carbocycles. The Morgan fingerprint density at radius 2 is 2.06 bits per heavy atom. The van der Waals surface area contributed by atoms with E-state index in [0.29, 0.717) is 0 Å². The summed E-state index contributed by atoms with van der Waals surface area (Å²) >= 11 is 5.80. The van der Waals surface area contributed by atoms with Crippen LogP contribution < -0.4 is 0 Å². The molecule has 86 valence electrons. The van der Waals surface area contributed by atoms with Crippen LogP contribution in [0, 0.1) is 6.92 Å². The van der Waals surface area contributed by atoms with Gasteiger partial charge in [-0.05, 0) is 30.7 Å². The zero-order valence-electron chi connectivity index (χ0n) is 9.14. The van der Waals surface area contributed by atoms with Gasteiger partial charge in [0.2, 0.25) is 0 Å². The molecule has 0 amide bonds. The van der Waals surface area contributed by atoms with Gasteiger partial charge in [-0.3, -0.25) is 4.98 Å². The van der Waals surface area contributed by atoms with Crippen LogP contribution in [0.2, 0.25) is 5.02 Å². The number of rotatable bonds is 2. The van der Waals surface area contributed by atoms with E-state index in [0.717, 1.165) is 16.8 Å². The smallest absolute Gasteiger partial charge is 0.337 e. The SMILES string of the molecule is Cc1ccc(-c2ccc(Cl)c(C(=O)O)c2)nc1. The molecule has 1 aromatic heterocycles. The van der Waals surface area contributed by atoms with Crippen molar-refractivity contribution in [2.24, 2.45) is 0 Å². The first kappa shape index (κ1) is 11.6. The van der Waals surface area contributed by atoms with E-state index in [9.17, 15) is 4.79 Å². The lowest BCUT2D eigenvalue weighted by molar-refractivity contribution is 0.0697. The van der Waals surface area contributed by atoms with E-state index < -0.39 is 5.97 Å². The van der Waals surface area contributed by atoms with Gasteiger partial charge in [0.1, 0.15) is 0 Å². The lowest BCUT2D eigenvalue weighted by Gasteiger charge is -2.04. The average Bonchev–Trinajstić information content (AvgIpc) is 2.30. The molecular formula is C13H10ClNO2. The van der Waals surface area contributed by atoms with Crippen LogP contribution in [-0.2, 0) is 0 Å². The highest BCUT2D eigenvalue weighted by atomic mass is 35.5. The maximum atomic E-state index is 11.0. The maximum Gasteiger partial charge on any atom is 0.337 e. The van der Waals surface area contributed by atoms with E-state index in [1.54, 1.807) is 18.3 Å². The minimum absolute atomic E-state index is 0.0894. The summed E-state index contributed by atoms with van der Waals surface area (Å²) in [4.78, 5) is 15.2. The third kappa shape index (κ3) is 2.45. The van der Waals surface area contributed by atoms with E-state index in [1.165, 1.54) is 6.07 Å². The molecule has 0 saturated carbocycles. The van der Waals surface area contributed by atoms with Crippen molar-refractivity contribution in [3.63, 3.8) is 0 Å². The van der Waals surface area contributed by atoms with Crippen LogP contribution in [0.3, 0.4) is 0 Å². The number of benzene rings is 1. The minimum atomic E-state index is -1.04. The highest BCUT2D eigenvalue weighted by molar-refractivity contribution is 6.33. The molecule has 1 N–H and O–H groups in total. The van der Waals surface area contributed by atoms with Gasteiger partial charge in [-0.2, -0.15) is 0 Å². The normalized spacial score (nSPS) is 10.2. The van der Waals surface area contributed by atoms with Crippen LogP contribution in [0.4, 0.5) is 0 Å². The van der Waals surface area contributed by atoms with Crippen molar-refractivity contribution in [3.05, 3.63) is 52.7 Å². The first-order valence-electron chi connectivity index (χ1n) is 5.04. The summed E-state index contributed by atoms with van der Waals surface area (Å²) in [7, 11) is 0. The van der Waals surface area contributed by atoms with Gasteiger partial charge in [-0.1, -0.05) is 23.7 Å². The number of aryl methyl sites for hydroxylation is 1. The van der Waals surface area contributed by atoms with Gasteiger partial charge in [-0.25, -0.2) is 4.79 Å². The zero-order chi connectivity index (χ0) is 12.4. The molecule has 0 saturated heterocycles. The number of pyridine rings is 1. The largest absolute Gasteiger partial charge is 0.478 e. The van der Waals surface area contributed by atoms with Crippen LogP contribution in [0.15, 0.2) is 36.5 Å². The fourth-order valence-corrected chi connectivity index (χ4v) is 1.69. The first-order valence-corrected chi connectivity index (χ1v) is 5.41. The predicted octanol–water partition coefficient (Wildman–Crippen LogP) is 3.41. The number of nitrogens with zero attached hydrogens (tertiary/aromatic N) is 1. The molecule has 17 heavy (non-hydrogen) atoms. The number of carboxylic acid groups (broad SMARTS) is 1. The topological polar surface area (TPSA) is 50.2 Å². The summed E-state index contributed by atoms with van der Waals surface area (Å²) < 4.78 is 0. The Hall–Kier alpha value is -1.87. The molecule has 3 nitrogen and oxygen atoms in total. The van der Waals surface area contributed by atoms with E-state index >= 15 is 0 Å². The quantitative estimate of drug-likeness (QED) is 0.885. The lowest BCUT2D eigenvalue weighted by atomic mass is 10.1. The van der Waals surface area contributed by atoms with E-state index in [1.807, 2.05) is 19.1 Å². The van der Waals surface area contributed by atoms with Crippen molar-refractivity contribution in [3.8, 4) is 11.3 Å². The van der Waals surface area contributed by atoms with E-state index in [2.05, 4.69) is 4.98 Å². The van der Waals surface area contributed by atoms with E-state index in [-0.39, 0.29) is 10.6 Å². The third-order valence-electron chi connectivity index (χ3n) is 2.40. The van der Waals surface area contributed by atoms with Gasteiger partial charge in [0.25, 0.3) is 0 Å². The van der Waals surface area contributed by atoms with Crippen molar-refractivity contribution in [1.29, 1.82) is 0 Å². The van der Waals surface area contributed by atoms with Gasteiger partial charge in [-0.15, -0.1) is 0 Å². The molecule has 0 unspecified atom stereocenters. The van der Waals surface area contributed by atoms with Gasteiger partial charge < -0.3 is 5.11 Å². The summed E-state index contributed by atoms with van der Waals surface area (Å²) in [5.41, 5.74) is 2.62. The highest BCUT2D eigenvalue weighted by Crippen LogP contribution is 2.24. The van der Waals surface area contributed by atoms with Crippen molar-refractivity contribution >= 4 is 17.6 Å². The second-order valence-electron chi connectivity index (χ2n) is 3.72. The molecular weight excluding hydrogens is 238 g/mol. The molecule has 1 heterocycles. The van der Waals surface area contributed by atoms with E-state index in [4.69, 9.17) is 16.7 Å². The number of hydrogen-bond donors (Lipinski definition) is 1. The Morgan fingerprint density at radius 3 is 2.65 bits per heavy atom. The number of carboxylic acids is 1. The van der Waals surface area contributed by atoms with Gasteiger partial charge >= 0.3 is 5.97 Å². The van der Waals surface area contributed by atoms with Crippen molar-refractivity contribution in [2.45, 2.75) is 6.92 Å². The molecule has 0 fully saturated rings. The minimum Gasteiger partial charge on any atom is -0.478 e. The summed E-state index contributed by atoms with van der Waals surface area (Å²) in [6, 6.07) is 8.64. The Balaban J connectivity index is 2.50. The number of aromatic nitrogens is 1. The lowest BCUT2D eigenvalue weighted by Crippen LogP contribution is -1.98. The highest BCUT2D eigenvalue weighted by Gasteiger charge is 2.10. The molecule has 2 rings (SSSR count). The van der Waals surface area contributed by atoms with Crippen LogP contribution in [0.25, 0.3) is 11.3 Å². The first-order chi connectivity index (χ1) is 8.08. The van der Waals surface area contributed by atoms with Crippen molar-refractivity contribution in [2.75, 3.05) is 0 Å². The molecule has 0 atom stereocenters. The Bertz CT molecular complexity index is 564. The molecule has 0 aliphatic rings. The monoisotopic (exact) mass is 247 g/mol. The number of carbonyl (C=O) groups is 1. The van der Waals surface area contributed by atoms with Crippen molar-refractivity contribution in [1.82, 2.24) is 4.98 Å². The second kappa shape index (κ2) is 4.55. The summed E-state index contributed by atoms with van der Waals surface area (Å²) in [6.45, 7) is 1.95. The summed E-state index contributed by atoms with van der Waals surface area (Å²) in [6.07, 6.45) is 1.74. The molecule has 0 aliphatic carbocycles. The Morgan fingerprint density at radius 1 is 1.29 bits per heavy atom. The molecule has 0 spiro atoms. The third-order valence-corrected chi connectivity index (χ3v) is 2.73. The van der Waals surface area contributed by atoms with Gasteiger partial charge in [0.15, 0.2) is 0 Å². The molecule has 0 aliphatic heterocycles. The summed E-state index contributed by atoms with van der Waals surface area (Å²) in [5.74, 6) is -1.04. The number of hydrogen-bond acceptors (Lipinski definition) is 2. The van der Waals surface area contributed by atoms with Crippen LogP contribution in [0.1, 0.15) is 15.9 Å². The van der Waals surface area contributed by atoms with Crippen molar-refractivity contribution < 1.29 is 9.90 Å². The molecule has 0 bridgehead atoms. The van der Waals surface area contributed by atoms with Crippen LogP contribution >= 0.6 is 11.6 Å². The van der Waals surface area contributed by atoms with Gasteiger partial charge in [0.05, 0.1) is 16.3 Å². The maximum absolute atomic E-state index is 11.0. The zero-order valence-corrected chi connectivity index (χ0v) is 9.90. The average molecular weight is 248 g/mol. The molecule has 4 heteroatoms. The van der Waals surface area contributed by atoms with Crippen LogP contribution in [0.5, 0.6) is 0 Å². The number of halogens is 1. The molecule has 0 radical (unpaired) electrons.